The number of rotatable bonds is 3. The number of carbonyl (C=O) groups excluding carboxylic acids is 1. The molecule has 4 nitrogen and oxygen atoms in total. The lowest BCUT2D eigenvalue weighted by atomic mass is 10.1. The van der Waals surface area contributed by atoms with Gasteiger partial charge in [0.15, 0.2) is 0 Å². The lowest BCUT2D eigenvalue weighted by molar-refractivity contribution is -0.115. The van der Waals surface area contributed by atoms with E-state index in [0.717, 1.165) is 11.4 Å². The Morgan fingerprint density at radius 3 is 2.56 bits per heavy atom. The maximum Gasteiger partial charge on any atom is 0.278 e. The second-order valence-corrected chi connectivity index (χ2v) is 6.89. The number of halogens is 3. The molecule has 0 saturated heterocycles. The van der Waals surface area contributed by atoms with Crippen LogP contribution in [0.5, 0.6) is 0 Å². The van der Waals surface area contributed by atoms with Crippen LogP contribution in [0.4, 0.5) is 5.13 Å². The number of hydrogen-bond acceptors (Lipinski definition) is 4. The van der Waals surface area contributed by atoms with Gasteiger partial charge in [0.2, 0.25) is 5.13 Å². The maximum atomic E-state index is 11.3. The highest BCUT2D eigenvalue weighted by Gasteiger charge is 2.31. The molecule has 0 saturated carbocycles. The summed E-state index contributed by atoms with van der Waals surface area (Å²) in [6.45, 7) is 4.14. The Balaban J connectivity index is 2.62. The number of alkyl halides is 3. The fourth-order valence-electron chi connectivity index (χ4n) is 0.904. The van der Waals surface area contributed by atoms with Crippen molar-refractivity contribution in [2.45, 2.75) is 24.1 Å². The molecule has 1 aromatic heterocycles. The van der Waals surface area contributed by atoms with Crippen molar-refractivity contribution in [2.75, 3.05) is 5.32 Å². The molecule has 0 bridgehead atoms. The monoisotopic (exact) mass is 301 g/mol. The Hall–Kier alpha value is -0.100. The highest BCUT2D eigenvalue weighted by atomic mass is 35.6. The molecule has 16 heavy (non-hydrogen) atoms. The van der Waals surface area contributed by atoms with Gasteiger partial charge < -0.3 is 0 Å². The van der Waals surface area contributed by atoms with Crippen LogP contribution in [0.25, 0.3) is 0 Å². The molecule has 0 atom stereocenters. The maximum absolute atomic E-state index is 11.3. The molecule has 1 aromatic rings. The molecule has 90 valence electrons. The fourth-order valence-corrected chi connectivity index (χ4v) is 1.99. The third kappa shape index (κ3) is 4.41. The summed E-state index contributed by atoms with van der Waals surface area (Å²) >= 11 is 17.5. The van der Waals surface area contributed by atoms with Gasteiger partial charge in [0.05, 0.1) is 0 Å². The smallest absolute Gasteiger partial charge is 0.278 e. The van der Waals surface area contributed by atoms with Crippen LogP contribution in [0.1, 0.15) is 18.9 Å². The van der Waals surface area contributed by atoms with Gasteiger partial charge in [-0.05, 0) is 5.92 Å². The van der Waals surface area contributed by atoms with E-state index in [4.69, 9.17) is 34.8 Å². The SMILES string of the molecule is CC(C)Cc1nnc(NC(=O)C(Cl)(Cl)Cl)s1. The lowest BCUT2D eigenvalue weighted by Crippen LogP contribution is -2.26. The third-order valence-corrected chi connectivity index (χ3v) is 2.90. The minimum Gasteiger partial charge on any atom is -0.297 e. The number of nitrogens with one attached hydrogen (secondary N) is 1. The van der Waals surface area contributed by atoms with E-state index in [0.29, 0.717) is 11.0 Å². The van der Waals surface area contributed by atoms with Crippen LogP contribution >= 0.6 is 46.1 Å². The van der Waals surface area contributed by atoms with Gasteiger partial charge >= 0.3 is 0 Å². The zero-order valence-corrected chi connectivity index (χ0v) is 11.7. The first kappa shape index (κ1) is 14.0. The van der Waals surface area contributed by atoms with Crippen molar-refractivity contribution in [3.05, 3.63) is 5.01 Å². The van der Waals surface area contributed by atoms with Crippen molar-refractivity contribution in [3.63, 3.8) is 0 Å². The largest absolute Gasteiger partial charge is 0.297 e. The van der Waals surface area contributed by atoms with Crippen molar-refractivity contribution in [3.8, 4) is 0 Å². The summed E-state index contributed by atoms with van der Waals surface area (Å²) in [7, 11) is 0. The summed E-state index contributed by atoms with van der Waals surface area (Å²) in [6.07, 6.45) is 0.807. The molecule has 0 aliphatic rings. The Kier molecular flexibility index (Phi) is 4.79. The third-order valence-electron chi connectivity index (χ3n) is 1.53. The molecular weight excluding hydrogens is 293 g/mol. The van der Waals surface area contributed by atoms with Gasteiger partial charge in [0.1, 0.15) is 5.01 Å². The van der Waals surface area contributed by atoms with Crippen LogP contribution in [-0.2, 0) is 11.2 Å². The summed E-state index contributed by atoms with van der Waals surface area (Å²) in [5, 5.41) is 11.3. The van der Waals surface area contributed by atoms with Crippen molar-refractivity contribution in [2.24, 2.45) is 5.92 Å². The highest BCUT2D eigenvalue weighted by molar-refractivity contribution is 7.15. The highest BCUT2D eigenvalue weighted by Crippen LogP contribution is 2.28. The molecule has 1 amide bonds. The van der Waals surface area contributed by atoms with Gasteiger partial charge in [-0.25, -0.2) is 0 Å². The average molecular weight is 303 g/mol. The average Bonchev–Trinajstić information content (AvgIpc) is 2.49. The van der Waals surface area contributed by atoms with E-state index in [1.165, 1.54) is 11.3 Å². The van der Waals surface area contributed by atoms with E-state index in [-0.39, 0.29) is 0 Å². The summed E-state index contributed by atoms with van der Waals surface area (Å²) < 4.78 is -1.98. The van der Waals surface area contributed by atoms with Gasteiger partial charge in [-0.3, -0.25) is 10.1 Å². The van der Waals surface area contributed by atoms with Gasteiger partial charge in [-0.15, -0.1) is 10.2 Å². The van der Waals surface area contributed by atoms with Gasteiger partial charge in [-0.2, -0.15) is 0 Å². The number of hydrogen-bond donors (Lipinski definition) is 1. The standard InChI is InChI=1S/C8H10Cl3N3OS/c1-4(2)3-5-13-14-7(16-5)12-6(15)8(9,10)11/h4H,3H2,1-2H3,(H,12,14,15). The van der Waals surface area contributed by atoms with Crippen molar-refractivity contribution < 1.29 is 4.79 Å². The minimum absolute atomic E-state index is 0.340. The lowest BCUT2D eigenvalue weighted by Gasteiger charge is -2.08. The predicted molar refractivity (Wildman–Crippen MR) is 67.4 cm³/mol. The molecule has 0 unspecified atom stereocenters. The zero-order valence-electron chi connectivity index (χ0n) is 8.63. The second kappa shape index (κ2) is 5.49. The summed E-state index contributed by atoms with van der Waals surface area (Å²) in [5.74, 6) is -0.255. The molecule has 1 rings (SSSR count). The van der Waals surface area contributed by atoms with Gasteiger partial charge in [0, 0.05) is 6.42 Å². The Morgan fingerprint density at radius 1 is 1.44 bits per heavy atom. The molecule has 0 fully saturated rings. The second-order valence-electron chi connectivity index (χ2n) is 3.55. The van der Waals surface area contributed by atoms with Gasteiger partial charge in [0.25, 0.3) is 9.70 Å². The number of amides is 1. The van der Waals surface area contributed by atoms with Crippen LogP contribution in [0.3, 0.4) is 0 Å². The van der Waals surface area contributed by atoms with Crippen LogP contribution in [-0.4, -0.2) is 19.9 Å². The van der Waals surface area contributed by atoms with Crippen LogP contribution < -0.4 is 5.32 Å². The molecule has 0 radical (unpaired) electrons. The first-order valence-corrected chi connectivity index (χ1v) is 6.44. The quantitative estimate of drug-likeness (QED) is 0.873. The normalized spacial score (nSPS) is 11.9. The molecule has 8 heteroatoms. The number of nitrogens with zero attached hydrogens (tertiary/aromatic N) is 2. The molecule has 0 spiro atoms. The minimum atomic E-state index is -1.98. The Labute approximate surface area is 112 Å². The molecular formula is C8H10Cl3N3OS. The van der Waals surface area contributed by atoms with E-state index in [1.807, 2.05) is 0 Å². The van der Waals surface area contributed by atoms with Crippen LogP contribution in [0.15, 0.2) is 0 Å². The van der Waals surface area contributed by atoms with E-state index in [2.05, 4.69) is 29.4 Å². The van der Waals surface area contributed by atoms with Crippen LogP contribution in [0.2, 0.25) is 0 Å². The predicted octanol–water partition coefficient (Wildman–Crippen LogP) is 3.05. The van der Waals surface area contributed by atoms with Crippen molar-refractivity contribution in [1.82, 2.24) is 10.2 Å². The van der Waals surface area contributed by atoms with E-state index in [1.54, 1.807) is 0 Å². The summed E-state index contributed by atoms with van der Waals surface area (Å²) in [6, 6.07) is 0. The number of carbonyl (C=O) groups is 1. The van der Waals surface area contributed by atoms with Crippen LogP contribution in [0, 0.1) is 5.92 Å². The van der Waals surface area contributed by atoms with E-state index < -0.39 is 9.70 Å². The summed E-state index contributed by atoms with van der Waals surface area (Å²) in [4.78, 5) is 11.3. The fraction of sp³-hybridized carbons (Fsp3) is 0.625. The molecule has 0 aromatic carbocycles. The molecule has 1 N–H and O–H groups in total. The summed E-state index contributed by atoms with van der Waals surface area (Å²) in [5.41, 5.74) is 0. The Bertz CT molecular complexity index is 375. The first-order valence-electron chi connectivity index (χ1n) is 4.49. The Morgan fingerprint density at radius 2 is 2.06 bits per heavy atom. The molecule has 0 aliphatic carbocycles. The van der Waals surface area contributed by atoms with Crippen molar-refractivity contribution >= 4 is 57.2 Å². The zero-order chi connectivity index (χ0) is 12.3. The molecule has 0 aliphatic heterocycles. The number of anilines is 1. The molecule has 1 heterocycles. The topological polar surface area (TPSA) is 54.9 Å². The number of aromatic nitrogens is 2. The van der Waals surface area contributed by atoms with Crippen molar-refractivity contribution in [1.29, 1.82) is 0 Å². The van der Waals surface area contributed by atoms with Gasteiger partial charge in [-0.1, -0.05) is 60.0 Å². The van der Waals surface area contributed by atoms with E-state index >= 15 is 0 Å². The van der Waals surface area contributed by atoms with E-state index in [9.17, 15) is 4.79 Å². The first-order chi connectivity index (χ1) is 7.29.